The summed E-state index contributed by atoms with van der Waals surface area (Å²) >= 11 is 3.38. The van der Waals surface area contributed by atoms with E-state index in [9.17, 15) is 5.11 Å². The van der Waals surface area contributed by atoms with Gasteiger partial charge in [0.1, 0.15) is 18.5 Å². The van der Waals surface area contributed by atoms with Crippen molar-refractivity contribution in [3.05, 3.63) is 64.6 Å². The quantitative estimate of drug-likeness (QED) is 0.817. The first-order valence-electron chi connectivity index (χ1n) is 6.55. The number of nitrogens with one attached hydrogen (secondary N) is 1. The molecule has 20 heavy (non-hydrogen) atoms. The third-order valence-corrected chi connectivity index (χ3v) is 3.28. The van der Waals surface area contributed by atoms with E-state index in [-0.39, 0.29) is 6.61 Å². The zero-order valence-electron chi connectivity index (χ0n) is 11.1. The van der Waals surface area contributed by atoms with Gasteiger partial charge in [0.15, 0.2) is 0 Å². The number of aliphatic hydroxyl groups excluding tert-OH is 1. The topological polar surface area (TPSA) is 41.5 Å². The van der Waals surface area contributed by atoms with Crippen LogP contribution in [0.1, 0.15) is 5.56 Å². The molecule has 0 aliphatic rings. The number of aliphatic hydroxyl groups is 1. The summed E-state index contributed by atoms with van der Waals surface area (Å²) in [5.74, 6) is 0.751. The van der Waals surface area contributed by atoms with Gasteiger partial charge in [-0.05, 0) is 23.8 Å². The van der Waals surface area contributed by atoms with E-state index in [1.54, 1.807) is 0 Å². The maximum atomic E-state index is 9.86. The van der Waals surface area contributed by atoms with E-state index in [4.69, 9.17) is 4.74 Å². The van der Waals surface area contributed by atoms with Crippen molar-refractivity contribution < 1.29 is 9.84 Å². The molecule has 2 aromatic carbocycles. The van der Waals surface area contributed by atoms with Crippen molar-refractivity contribution in [3.8, 4) is 5.75 Å². The first-order chi connectivity index (χ1) is 9.74. The van der Waals surface area contributed by atoms with Gasteiger partial charge < -0.3 is 15.2 Å². The van der Waals surface area contributed by atoms with Crippen LogP contribution < -0.4 is 10.1 Å². The lowest BCUT2D eigenvalue weighted by atomic mass is 10.2. The molecule has 0 aliphatic heterocycles. The van der Waals surface area contributed by atoms with Gasteiger partial charge in [-0.3, -0.25) is 0 Å². The Morgan fingerprint density at radius 2 is 1.90 bits per heavy atom. The fourth-order valence-electron chi connectivity index (χ4n) is 1.79. The summed E-state index contributed by atoms with van der Waals surface area (Å²) in [5, 5.41) is 13.1. The molecule has 2 N–H and O–H groups in total. The van der Waals surface area contributed by atoms with Crippen molar-refractivity contribution in [2.75, 3.05) is 13.2 Å². The van der Waals surface area contributed by atoms with Gasteiger partial charge in [-0.1, -0.05) is 52.3 Å². The van der Waals surface area contributed by atoms with Crippen molar-refractivity contribution in [3.63, 3.8) is 0 Å². The summed E-state index contributed by atoms with van der Waals surface area (Å²) in [6.07, 6.45) is -0.530. The maximum Gasteiger partial charge on any atom is 0.120 e. The summed E-state index contributed by atoms with van der Waals surface area (Å²) in [7, 11) is 0. The standard InChI is InChI=1S/C16H18BrNO2/c17-14-7-4-8-16(9-14)20-12-15(19)11-18-10-13-5-2-1-3-6-13/h1-9,15,18-19H,10-12H2. The summed E-state index contributed by atoms with van der Waals surface area (Å²) in [4.78, 5) is 0. The molecule has 1 unspecified atom stereocenters. The average molecular weight is 336 g/mol. The molecule has 0 saturated heterocycles. The van der Waals surface area contributed by atoms with E-state index in [1.807, 2.05) is 42.5 Å². The second-order valence-electron chi connectivity index (χ2n) is 4.54. The monoisotopic (exact) mass is 335 g/mol. The van der Waals surface area contributed by atoms with E-state index in [0.29, 0.717) is 6.54 Å². The number of ether oxygens (including phenoxy) is 1. The summed E-state index contributed by atoms with van der Waals surface area (Å²) in [5.41, 5.74) is 1.20. The van der Waals surface area contributed by atoms with Crippen LogP contribution >= 0.6 is 15.9 Å². The second-order valence-corrected chi connectivity index (χ2v) is 5.45. The first-order valence-corrected chi connectivity index (χ1v) is 7.34. The summed E-state index contributed by atoms with van der Waals surface area (Å²) < 4.78 is 6.50. The lowest BCUT2D eigenvalue weighted by molar-refractivity contribution is 0.106. The van der Waals surface area contributed by atoms with Crippen molar-refractivity contribution in [2.24, 2.45) is 0 Å². The Labute approximate surface area is 127 Å². The fourth-order valence-corrected chi connectivity index (χ4v) is 2.17. The minimum atomic E-state index is -0.530. The van der Waals surface area contributed by atoms with Gasteiger partial charge in [-0.25, -0.2) is 0 Å². The van der Waals surface area contributed by atoms with Crippen LogP contribution in [-0.4, -0.2) is 24.4 Å². The van der Waals surface area contributed by atoms with Crippen LogP contribution in [-0.2, 0) is 6.54 Å². The number of hydrogen-bond acceptors (Lipinski definition) is 3. The molecule has 0 aliphatic carbocycles. The Bertz CT molecular complexity index is 519. The van der Waals surface area contributed by atoms with Crippen molar-refractivity contribution in [1.82, 2.24) is 5.32 Å². The molecule has 0 amide bonds. The van der Waals surface area contributed by atoms with E-state index in [0.717, 1.165) is 16.8 Å². The van der Waals surface area contributed by atoms with Crippen molar-refractivity contribution in [2.45, 2.75) is 12.6 Å². The normalized spacial score (nSPS) is 12.1. The Balaban J connectivity index is 1.67. The van der Waals surface area contributed by atoms with E-state index < -0.39 is 6.10 Å². The Hall–Kier alpha value is -1.36. The SMILES string of the molecule is OC(CNCc1ccccc1)COc1cccc(Br)c1. The smallest absolute Gasteiger partial charge is 0.120 e. The van der Waals surface area contributed by atoms with Crippen LogP contribution in [0.2, 0.25) is 0 Å². The summed E-state index contributed by atoms with van der Waals surface area (Å²) in [6, 6.07) is 17.7. The Morgan fingerprint density at radius 1 is 1.10 bits per heavy atom. The molecule has 0 fully saturated rings. The number of hydrogen-bond donors (Lipinski definition) is 2. The van der Waals surface area contributed by atoms with Gasteiger partial charge >= 0.3 is 0 Å². The van der Waals surface area contributed by atoms with Crippen LogP contribution in [0.5, 0.6) is 5.75 Å². The van der Waals surface area contributed by atoms with Crippen LogP contribution in [0, 0.1) is 0 Å². The predicted octanol–water partition coefficient (Wildman–Crippen LogP) is 2.98. The van der Waals surface area contributed by atoms with Gasteiger partial charge in [0.25, 0.3) is 0 Å². The fraction of sp³-hybridized carbons (Fsp3) is 0.250. The number of benzene rings is 2. The molecule has 2 rings (SSSR count). The Kier molecular flexibility index (Phi) is 6.05. The van der Waals surface area contributed by atoms with Gasteiger partial charge in [0.05, 0.1) is 0 Å². The third-order valence-electron chi connectivity index (χ3n) is 2.79. The van der Waals surface area contributed by atoms with Crippen LogP contribution in [0.15, 0.2) is 59.1 Å². The molecule has 0 aromatic heterocycles. The van der Waals surface area contributed by atoms with Gasteiger partial charge in [-0.15, -0.1) is 0 Å². The first kappa shape index (κ1) is 15.0. The molecule has 0 heterocycles. The van der Waals surface area contributed by atoms with Crippen LogP contribution in [0.25, 0.3) is 0 Å². The van der Waals surface area contributed by atoms with Gasteiger partial charge in [0, 0.05) is 17.6 Å². The number of rotatable bonds is 7. The van der Waals surface area contributed by atoms with Gasteiger partial charge in [-0.2, -0.15) is 0 Å². The van der Waals surface area contributed by atoms with Crippen molar-refractivity contribution >= 4 is 15.9 Å². The molecule has 0 bridgehead atoms. The lowest BCUT2D eigenvalue weighted by Crippen LogP contribution is -2.31. The molecular weight excluding hydrogens is 318 g/mol. The molecule has 0 spiro atoms. The average Bonchev–Trinajstić information content (AvgIpc) is 2.46. The number of halogens is 1. The molecular formula is C16H18BrNO2. The highest BCUT2D eigenvalue weighted by molar-refractivity contribution is 9.10. The Morgan fingerprint density at radius 3 is 2.65 bits per heavy atom. The molecule has 4 heteroatoms. The third kappa shape index (κ3) is 5.33. The van der Waals surface area contributed by atoms with Crippen molar-refractivity contribution in [1.29, 1.82) is 0 Å². The zero-order chi connectivity index (χ0) is 14.2. The summed E-state index contributed by atoms with van der Waals surface area (Å²) in [6.45, 7) is 1.52. The highest BCUT2D eigenvalue weighted by atomic mass is 79.9. The molecule has 0 radical (unpaired) electrons. The largest absolute Gasteiger partial charge is 0.491 e. The van der Waals surface area contributed by atoms with Crippen LogP contribution in [0.3, 0.4) is 0 Å². The van der Waals surface area contributed by atoms with Crippen LogP contribution in [0.4, 0.5) is 0 Å². The highest BCUT2D eigenvalue weighted by Crippen LogP contribution is 2.17. The minimum absolute atomic E-state index is 0.276. The zero-order valence-corrected chi connectivity index (χ0v) is 12.7. The predicted molar refractivity (Wildman–Crippen MR) is 83.8 cm³/mol. The molecule has 106 valence electrons. The molecule has 1 atom stereocenters. The van der Waals surface area contributed by atoms with Gasteiger partial charge in [0.2, 0.25) is 0 Å². The second kappa shape index (κ2) is 8.04. The molecule has 0 saturated carbocycles. The maximum absolute atomic E-state index is 9.86. The van der Waals surface area contributed by atoms with E-state index in [2.05, 4.69) is 33.4 Å². The minimum Gasteiger partial charge on any atom is -0.491 e. The highest BCUT2D eigenvalue weighted by Gasteiger charge is 2.05. The molecule has 3 nitrogen and oxygen atoms in total. The lowest BCUT2D eigenvalue weighted by Gasteiger charge is -2.13. The van der Waals surface area contributed by atoms with E-state index in [1.165, 1.54) is 5.56 Å². The van der Waals surface area contributed by atoms with E-state index >= 15 is 0 Å². The molecule has 2 aromatic rings.